The molecule has 2 N–H and O–H groups in total. The summed E-state index contributed by atoms with van der Waals surface area (Å²) in [4.78, 5) is 0. The van der Waals surface area contributed by atoms with Gasteiger partial charge in [0, 0.05) is 12.5 Å². The first-order valence-electron chi connectivity index (χ1n) is 6.50. The van der Waals surface area contributed by atoms with E-state index >= 15 is 0 Å². The summed E-state index contributed by atoms with van der Waals surface area (Å²) in [6.45, 7) is 0. The molecule has 1 nitrogen and oxygen atoms in total. The summed E-state index contributed by atoms with van der Waals surface area (Å²) in [6.07, 6.45) is -8.17. The van der Waals surface area contributed by atoms with Crippen molar-refractivity contribution in [2.24, 2.45) is 17.6 Å². The zero-order valence-electron chi connectivity index (χ0n) is 10.5. The van der Waals surface area contributed by atoms with Crippen LogP contribution in [0.25, 0.3) is 0 Å². The number of nitrogens with two attached hydrogens (primary N) is 1. The van der Waals surface area contributed by atoms with Gasteiger partial charge >= 0.3 is 12.4 Å². The molecule has 1 aliphatic carbocycles. The smallest absolute Gasteiger partial charge is 0.327 e. The van der Waals surface area contributed by atoms with Crippen molar-refractivity contribution in [2.75, 3.05) is 0 Å². The van der Waals surface area contributed by atoms with Crippen LogP contribution in [-0.2, 0) is 0 Å². The monoisotopic (exact) mass is 291 g/mol. The maximum Gasteiger partial charge on any atom is 0.392 e. The molecule has 0 amide bonds. The van der Waals surface area contributed by atoms with E-state index in [9.17, 15) is 26.3 Å². The number of hydrogen-bond acceptors (Lipinski definition) is 1. The summed E-state index contributed by atoms with van der Waals surface area (Å²) in [6, 6.07) is -0.797. The number of rotatable bonds is 4. The van der Waals surface area contributed by atoms with Crippen LogP contribution >= 0.6 is 0 Å². The molecule has 19 heavy (non-hydrogen) atoms. The predicted octanol–water partition coefficient (Wildman–Crippen LogP) is 4.42. The zero-order chi connectivity index (χ0) is 14.7. The minimum Gasteiger partial charge on any atom is -0.327 e. The van der Waals surface area contributed by atoms with Crippen LogP contribution in [0.15, 0.2) is 0 Å². The number of halogens is 6. The molecular weight excluding hydrogens is 272 g/mol. The van der Waals surface area contributed by atoms with Crippen LogP contribution in [0.1, 0.15) is 44.9 Å². The highest BCUT2D eigenvalue weighted by molar-refractivity contribution is 4.87. The van der Waals surface area contributed by atoms with Crippen LogP contribution < -0.4 is 5.73 Å². The quantitative estimate of drug-likeness (QED) is 0.763. The maximum atomic E-state index is 12.8. The normalized spacial score (nSPS) is 27.3. The lowest BCUT2D eigenvalue weighted by Gasteiger charge is -2.36. The lowest BCUT2D eigenvalue weighted by molar-refractivity contribution is -0.198. The van der Waals surface area contributed by atoms with Crippen LogP contribution in [0.2, 0.25) is 0 Å². The van der Waals surface area contributed by atoms with E-state index in [4.69, 9.17) is 5.73 Å². The third-order valence-electron chi connectivity index (χ3n) is 3.79. The molecule has 1 fully saturated rings. The Morgan fingerprint density at radius 2 is 1.58 bits per heavy atom. The molecule has 1 rings (SSSR count). The second-order valence-electron chi connectivity index (χ2n) is 5.27. The highest BCUT2D eigenvalue weighted by Crippen LogP contribution is 2.43. The van der Waals surface area contributed by atoms with Gasteiger partial charge in [-0.05, 0) is 31.6 Å². The third kappa shape index (κ3) is 5.58. The second kappa shape index (κ2) is 6.33. The fraction of sp³-hybridized carbons (Fsp3) is 1.00. The fourth-order valence-corrected chi connectivity index (χ4v) is 2.83. The molecular formula is C12H19F6N. The van der Waals surface area contributed by atoms with Crippen LogP contribution in [0.3, 0.4) is 0 Å². The van der Waals surface area contributed by atoms with Gasteiger partial charge in [0.15, 0.2) is 0 Å². The Labute approximate surface area is 108 Å². The van der Waals surface area contributed by atoms with Gasteiger partial charge in [-0.3, -0.25) is 0 Å². The van der Waals surface area contributed by atoms with E-state index in [-0.39, 0.29) is 19.3 Å². The van der Waals surface area contributed by atoms with Gasteiger partial charge in [-0.2, -0.15) is 26.3 Å². The van der Waals surface area contributed by atoms with E-state index in [2.05, 4.69) is 0 Å². The lowest BCUT2D eigenvalue weighted by Crippen LogP contribution is -2.43. The van der Waals surface area contributed by atoms with E-state index < -0.39 is 36.7 Å². The van der Waals surface area contributed by atoms with Crippen LogP contribution in [0, 0.1) is 11.8 Å². The third-order valence-corrected chi connectivity index (χ3v) is 3.79. The molecule has 114 valence electrons. The first-order valence-corrected chi connectivity index (χ1v) is 6.50. The molecule has 0 saturated heterocycles. The van der Waals surface area contributed by atoms with Crippen LogP contribution in [0.5, 0.6) is 0 Å². The molecule has 0 spiro atoms. The van der Waals surface area contributed by atoms with Gasteiger partial charge in [0.2, 0.25) is 0 Å². The number of alkyl halides is 6. The predicted molar refractivity (Wildman–Crippen MR) is 59.4 cm³/mol. The molecule has 1 aliphatic rings. The van der Waals surface area contributed by atoms with E-state index in [1.807, 2.05) is 0 Å². The van der Waals surface area contributed by atoms with Crippen molar-refractivity contribution >= 4 is 0 Å². The summed E-state index contributed by atoms with van der Waals surface area (Å²) in [7, 11) is 0. The lowest BCUT2D eigenvalue weighted by atomic mass is 9.74. The summed E-state index contributed by atoms with van der Waals surface area (Å²) < 4.78 is 74.5. The molecule has 0 aliphatic heterocycles. The molecule has 7 heteroatoms. The molecule has 0 bridgehead atoms. The number of hydrogen-bond donors (Lipinski definition) is 1. The van der Waals surface area contributed by atoms with Crippen molar-refractivity contribution in [3.8, 4) is 0 Å². The van der Waals surface area contributed by atoms with Gasteiger partial charge < -0.3 is 5.73 Å². The van der Waals surface area contributed by atoms with E-state index in [1.54, 1.807) is 0 Å². The van der Waals surface area contributed by atoms with Crippen molar-refractivity contribution in [2.45, 2.75) is 63.3 Å². The molecule has 0 radical (unpaired) electrons. The van der Waals surface area contributed by atoms with E-state index in [1.165, 1.54) is 0 Å². The first kappa shape index (κ1) is 16.6. The zero-order valence-corrected chi connectivity index (χ0v) is 10.5. The van der Waals surface area contributed by atoms with Gasteiger partial charge in [-0.15, -0.1) is 0 Å². The highest BCUT2D eigenvalue weighted by atomic mass is 19.4. The minimum atomic E-state index is -4.30. The molecule has 3 unspecified atom stereocenters. The van der Waals surface area contributed by atoms with Gasteiger partial charge in [0.05, 0.1) is 5.92 Å². The van der Waals surface area contributed by atoms with Crippen molar-refractivity contribution in [3.63, 3.8) is 0 Å². The van der Waals surface area contributed by atoms with Crippen molar-refractivity contribution in [1.29, 1.82) is 0 Å². The molecule has 1 saturated carbocycles. The Balaban J connectivity index is 2.51. The van der Waals surface area contributed by atoms with Gasteiger partial charge in [0.25, 0.3) is 0 Å². The summed E-state index contributed by atoms with van der Waals surface area (Å²) in [5.41, 5.74) is 5.70. The second-order valence-corrected chi connectivity index (χ2v) is 5.27. The average molecular weight is 291 g/mol. The van der Waals surface area contributed by atoms with Gasteiger partial charge in [-0.1, -0.05) is 12.8 Å². The van der Waals surface area contributed by atoms with E-state index in [0.717, 1.165) is 0 Å². The Kier molecular flexibility index (Phi) is 5.53. The molecule has 0 aromatic rings. The molecule has 0 aromatic heterocycles. The highest BCUT2D eigenvalue weighted by Gasteiger charge is 2.47. The van der Waals surface area contributed by atoms with E-state index in [0.29, 0.717) is 19.3 Å². The topological polar surface area (TPSA) is 26.0 Å². The first-order chi connectivity index (χ1) is 8.61. The molecule has 0 aromatic carbocycles. The van der Waals surface area contributed by atoms with Gasteiger partial charge in [-0.25, -0.2) is 0 Å². The van der Waals surface area contributed by atoms with Crippen LogP contribution in [0.4, 0.5) is 26.3 Å². The van der Waals surface area contributed by atoms with Crippen molar-refractivity contribution in [1.82, 2.24) is 0 Å². The Morgan fingerprint density at radius 3 is 2.11 bits per heavy atom. The molecule has 0 heterocycles. The average Bonchev–Trinajstić information content (AvgIpc) is 2.26. The van der Waals surface area contributed by atoms with Gasteiger partial charge in [0.1, 0.15) is 0 Å². The Morgan fingerprint density at radius 1 is 1.00 bits per heavy atom. The standard InChI is InChI=1S/C12H19F6N/c13-11(14,15)7-3-6-10(19)8-4-1-2-5-9(8)12(16,17)18/h8-10H,1-7,19H2. The van der Waals surface area contributed by atoms with Crippen LogP contribution in [-0.4, -0.2) is 18.4 Å². The Hall–Kier alpha value is -0.460. The Bertz CT molecular complexity index is 272. The largest absolute Gasteiger partial charge is 0.392 e. The van der Waals surface area contributed by atoms with Crippen molar-refractivity contribution in [3.05, 3.63) is 0 Å². The summed E-state index contributed by atoms with van der Waals surface area (Å²) in [5, 5.41) is 0. The van der Waals surface area contributed by atoms with Crippen molar-refractivity contribution < 1.29 is 26.3 Å². The summed E-state index contributed by atoms with van der Waals surface area (Å²) in [5.74, 6) is -2.19. The molecule has 3 atom stereocenters. The maximum absolute atomic E-state index is 12.8. The summed E-state index contributed by atoms with van der Waals surface area (Å²) >= 11 is 0. The SMILES string of the molecule is NC(CCCC(F)(F)F)C1CCCCC1C(F)(F)F. The minimum absolute atomic E-state index is 0.00322. The fourth-order valence-electron chi connectivity index (χ4n) is 2.83.